The van der Waals surface area contributed by atoms with Crippen molar-refractivity contribution >= 4 is 17.6 Å². The number of carboxylic acids is 1. The molecule has 0 atom stereocenters. The smallest absolute Gasteiger partial charge is 0.337 e. The molecule has 2 aromatic rings. The maximum atomic E-state index is 13.7. The molecule has 2 aromatic carbocycles. The van der Waals surface area contributed by atoms with Crippen molar-refractivity contribution in [1.82, 2.24) is 0 Å². The van der Waals surface area contributed by atoms with E-state index >= 15 is 0 Å². The predicted molar refractivity (Wildman–Crippen MR) is 73.8 cm³/mol. The lowest BCUT2D eigenvalue weighted by Crippen LogP contribution is -2.18. The highest BCUT2D eigenvalue weighted by molar-refractivity contribution is 6.01. The van der Waals surface area contributed by atoms with E-state index in [9.17, 15) is 19.1 Å². The molecule has 6 heteroatoms. The number of anilines is 1. The summed E-state index contributed by atoms with van der Waals surface area (Å²) < 4.78 is 13.7. The Labute approximate surface area is 119 Å². The van der Waals surface area contributed by atoms with Gasteiger partial charge in [0.25, 0.3) is 0 Å². The molecule has 1 amide bonds. The minimum Gasteiger partial charge on any atom is -0.508 e. The van der Waals surface area contributed by atoms with Gasteiger partial charge in [-0.15, -0.1) is 0 Å². The summed E-state index contributed by atoms with van der Waals surface area (Å²) in [4.78, 5) is 22.9. The maximum absolute atomic E-state index is 13.7. The van der Waals surface area contributed by atoms with E-state index < -0.39 is 17.7 Å². The molecule has 0 bridgehead atoms. The lowest BCUT2D eigenvalue weighted by Gasteiger charge is -2.09. The molecule has 0 fully saturated rings. The van der Waals surface area contributed by atoms with Crippen LogP contribution in [0.15, 0.2) is 42.5 Å². The lowest BCUT2D eigenvalue weighted by atomic mass is 10.1. The number of phenolic OH excluding ortho intramolecular Hbond substituents is 1. The van der Waals surface area contributed by atoms with Gasteiger partial charge < -0.3 is 15.5 Å². The molecule has 2 rings (SSSR count). The number of hydrogen-bond donors (Lipinski definition) is 3. The summed E-state index contributed by atoms with van der Waals surface area (Å²) in [6.45, 7) is 0. The molecule has 21 heavy (non-hydrogen) atoms. The van der Waals surface area contributed by atoms with E-state index in [1.165, 1.54) is 24.3 Å². The van der Waals surface area contributed by atoms with Crippen LogP contribution >= 0.6 is 0 Å². The Morgan fingerprint density at radius 2 is 1.86 bits per heavy atom. The van der Waals surface area contributed by atoms with E-state index in [1.807, 2.05) is 0 Å². The fraction of sp³-hybridized carbons (Fsp3) is 0.0667. The summed E-state index contributed by atoms with van der Waals surface area (Å²) in [5, 5.41) is 20.5. The van der Waals surface area contributed by atoms with Crippen LogP contribution in [-0.2, 0) is 11.2 Å². The average Bonchev–Trinajstić information content (AvgIpc) is 2.40. The van der Waals surface area contributed by atoms with Crippen LogP contribution < -0.4 is 5.32 Å². The van der Waals surface area contributed by atoms with Gasteiger partial charge in [0.05, 0.1) is 17.7 Å². The first-order valence-corrected chi connectivity index (χ1v) is 6.07. The number of amides is 1. The SMILES string of the molecule is O=C(Cc1cccc(O)c1)Nc1c(F)cccc1C(=O)O. The van der Waals surface area contributed by atoms with Gasteiger partial charge in [0.15, 0.2) is 0 Å². The Balaban J connectivity index is 2.18. The standard InChI is InChI=1S/C15H12FNO4/c16-12-6-2-5-11(15(20)21)14(12)17-13(19)8-9-3-1-4-10(18)7-9/h1-7,18H,8H2,(H,17,19)(H,20,21). The second-order valence-corrected chi connectivity index (χ2v) is 4.36. The number of carboxylic acid groups (broad SMARTS) is 1. The summed E-state index contributed by atoms with van der Waals surface area (Å²) in [7, 11) is 0. The zero-order chi connectivity index (χ0) is 15.4. The summed E-state index contributed by atoms with van der Waals surface area (Å²) in [5.41, 5.74) is -0.157. The van der Waals surface area contributed by atoms with Gasteiger partial charge in [0, 0.05) is 0 Å². The molecular formula is C15H12FNO4. The summed E-state index contributed by atoms with van der Waals surface area (Å²) in [6.07, 6.45) is -0.109. The fourth-order valence-corrected chi connectivity index (χ4v) is 1.86. The molecule has 0 spiro atoms. The van der Waals surface area contributed by atoms with Gasteiger partial charge in [0.1, 0.15) is 11.6 Å². The van der Waals surface area contributed by atoms with Crippen LogP contribution in [0.3, 0.4) is 0 Å². The molecule has 0 radical (unpaired) electrons. The Morgan fingerprint density at radius 3 is 2.52 bits per heavy atom. The van der Waals surface area contributed by atoms with Crippen LogP contribution in [0.2, 0.25) is 0 Å². The van der Waals surface area contributed by atoms with Crippen molar-refractivity contribution in [3.63, 3.8) is 0 Å². The number of aromatic carboxylic acids is 1. The van der Waals surface area contributed by atoms with E-state index in [-0.39, 0.29) is 23.4 Å². The van der Waals surface area contributed by atoms with Gasteiger partial charge in [-0.2, -0.15) is 0 Å². The van der Waals surface area contributed by atoms with E-state index in [0.717, 1.165) is 6.07 Å². The Morgan fingerprint density at radius 1 is 1.14 bits per heavy atom. The number of halogens is 1. The summed E-state index contributed by atoms with van der Waals surface area (Å²) in [5.74, 6) is -2.72. The third kappa shape index (κ3) is 3.56. The van der Waals surface area contributed by atoms with Gasteiger partial charge in [-0.3, -0.25) is 4.79 Å². The molecule has 5 nitrogen and oxygen atoms in total. The van der Waals surface area contributed by atoms with Crippen LogP contribution in [0.1, 0.15) is 15.9 Å². The average molecular weight is 289 g/mol. The molecule has 0 aliphatic rings. The largest absolute Gasteiger partial charge is 0.508 e. The fourth-order valence-electron chi connectivity index (χ4n) is 1.86. The Kier molecular flexibility index (Phi) is 4.18. The third-order valence-corrected chi connectivity index (χ3v) is 2.78. The monoisotopic (exact) mass is 289 g/mol. The first-order valence-electron chi connectivity index (χ1n) is 6.07. The van der Waals surface area contributed by atoms with Gasteiger partial charge in [0.2, 0.25) is 5.91 Å². The number of benzene rings is 2. The number of nitrogens with one attached hydrogen (secondary N) is 1. The van der Waals surface area contributed by atoms with Gasteiger partial charge in [-0.25, -0.2) is 9.18 Å². The van der Waals surface area contributed by atoms with Crippen molar-refractivity contribution in [2.24, 2.45) is 0 Å². The quantitative estimate of drug-likeness (QED) is 0.806. The topological polar surface area (TPSA) is 86.6 Å². The van der Waals surface area contributed by atoms with E-state index in [2.05, 4.69) is 5.32 Å². The number of rotatable bonds is 4. The molecule has 3 N–H and O–H groups in total. The summed E-state index contributed by atoms with van der Waals surface area (Å²) >= 11 is 0. The van der Waals surface area contributed by atoms with Crippen LogP contribution in [0.4, 0.5) is 10.1 Å². The van der Waals surface area contributed by atoms with Crippen molar-refractivity contribution in [1.29, 1.82) is 0 Å². The highest BCUT2D eigenvalue weighted by atomic mass is 19.1. The number of carbonyl (C=O) groups excluding carboxylic acids is 1. The van der Waals surface area contributed by atoms with Crippen LogP contribution in [0.5, 0.6) is 5.75 Å². The molecule has 0 aromatic heterocycles. The van der Waals surface area contributed by atoms with E-state index in [0.29, 0.717) is 5.56 Å². The predicted octanol–water partition coefficient (Wildman–Crippen LogP) is 2.41. The molecule has 0 saturated carbocycles. The van der Waals surface area contributed by atoms with Crippen molar-refractivity contribution in [3.05, 3.63) is 59.4 Å². The van der Waals surface area contributed by atoms with Crippen molar-refractivity contribution in [3.8, 4) is 5.75 Å². The molecule has 0 saturated heterocycles. The summed E-state index contributed by atoms with van der Waals surface area (Å²) in [6, 6.07) is 9.58. The minimum atomic E-state index is -1.33. The van der Waals surface area contributed by atoms with Crippen molar-refractivity contribution in [2.75, 3.05) is 5.32 Å². The zero-order valence-electron chi connectivity index (χ0n) is 10.8. The van der Waals surface area contributed by atoms with Gasteiger partial charge in [-0.05, 0) is 29.8 Å². The number of hydrogen-bond acceptors (Lipinski definition) is 3. The molecule has 0 aliphatic carbocycles. The minimum absolute atomic E-state index is 0.0115. The highest BCUT2D eigenvalue weighted by Gasteiger charge is 2.16. The first kappa shape index (κ1) is 14.5. The third-order valence-electron chi connectivity index (χ3n) is 2.78. The number of aromatic hydroxyl groups is 1. The number of para-hydroxylation sites is 1. The molecule has 108 valence electrons. The lowest BCUT2D eigenvalue weighted by molar-refractivity contribution is -0.115. The van der Waals surface area contributed by atoms with Gasteiger partial charge in [-0.1, -0.05) is 18.2 Å². The number of phenols is 1. The molecular weight excluding hydrogens is 277 g/mol. The zero-order valence-corrected chi connectivity index (χ0v) is 10.8. The maximum Gasteiger partial charge on any atom is 0.337 e. The van der Waals surface area contributed by atoms with E-state index in [4.69, 9.17) is 5.11 Å². The molecule has 0 unspecified atom stereocenters. The highest BCUT2D eigenvalue weighted by Crippen LogP contribution is 2.20. The second kappa shape index (κ2) is 6.04. The molecule has 0 aliphatic heterocycles. The van der Waals surface area contributed by atoms with E-state index in [1.54, 1.807) is 12.1 Å². The number of carbonyl (C=O) groups is 2. The van der Waals surface area contributed by atoms with Gasteiger partial charge >= 0.3 is 5.97 Å². The van der Waals surface area contributed by atoms with Crippen molar-refractivity contribution in [2.45, 2.75) is 6.42 Å². The van der Waals surface area contributed by atoms with Crippen LogP contribution in [-0.4, -0.2) is 22.1 Å². The Bertz CT molecular complexity index is 700. The second-order valence-electron chi connectivity index (χ2n) is 4.36. The Hall–Kier alpha value is -2.89. The van der Waals surface area contributed by atoms with Crippen molar-refractivity contribution < 1.29 is 24.2 Å². The molecule has 0 heterocycles. The van der Waals surface area contributed by atoms with Crippen LogP contribution in [0, 0.1) is 5.82 Å². The first-order chi connectivity index (χ1) is 9.97. The normalized spacial score (nSPS) is 10.1. The van der Waals surface area contributed by atoms with Crippen LogP contribution in [0.25, 0.3) is 0 Å².